The molecule has 1 aliphatic carbocycles. The molecule has 3 aromatic heterocycles. The lowest BCUT2D eigenvalue weighted by Crippen LogP contribution is -2.14. The molecule has 0 bridgehead atoms. The molecule has 14 rings (SSSR count). The minimum atomic E-state index is -0.0998. The average molecular weight is 901 g/mol. The molecule has 334 valence electrons. The van der Waals surface area contributed by atoms with Crippen molar-refractivity contribution in [1.82, 2.24) is 19.5 Å². The van der Waals surface area contributed by atoms with E-state index in [0.717, 1.165) is 76.9 Å². The summed E-state index contributed by atoms with van der Waals surface area (Å²) < 4.78 is 8.73. The van der Waals surface area contributed by atoms with Crippen LogP contribution in [0.25, 0.3) is 127 Å². The molecule has 0 unspecified atom stereocenters. The summed E-state index contributed by atoms with van der Waals surface area (Å²) in [5.41, 5.74) is 15.3. The van der Waals surface area contributed by atoms with Gasteiger partial charge in [-0.1, -0.05) is 210 Å². The summed E-state index contributed by atoms with van der Waals surface area (Å²) in [6.45, 7) is 8.94. The van der Waals surface area contributed by atoms with Gasteiger partial charge in [0.1, 0.15) is 11.2 Å². The summed E-state index contributed by atoms with van der Waals surface area (Å²) in [6.07, 6.45) is 1.25. The fourth-order valence-corrected chi connectivity index (χ4v) is 11.1. The zero-order valence-electron chi connectivity index (χ0n) is 39.5. The predicted molar refractivity (Wildman–Crippen MR) is 292 cm³/mol. The number of nitrogens with zero attached hydrogens (tertiary/aromatic N) is 4. The molecule has 0 saturated carbocycles. The Balaban J connectivity index is 0.00000156. The highest BCUT2D eigenvalue weighted by Gasteiger charge is 2.35. The molecule has 0 amide bonds. The van der Waals surface area contributed by atoms with Gasteiger partial charge in [0.05, 0.1) is 11.0 Å². The monoisotopic (exact) mass is 900 g/mol. The van der Waals surface area contributed by atoms with Gasteiger partial charge in [0.25, 0.3) is 0 Å². The number of hydrogen-bond donors (Lipinski definition) is 0. The zero-order chi connectivity index (χ0) is 47.1. The summed E-state index contributed by atoms with van der Waals surface area (Å²) in [5, 5.41) is 9.11. The molecule has 70 heavy (non-hydrogen) atoms. The summed E-state index contributed by atoms with van der Waals surface area (Å²) in [6, 6.07) is 73.8. The molecule has 13 aromatic rings. The van der Waals surface area contributed by atoms with Gasteiger partial charge in [-0.25, -0.2) is 4.98 Å². The molecule has 10 aromatic carbocycles. The van der Waals surface area contributed by atoms with E-state index in [1.54, 1.807) is 0 Å². The quantitative estimate of drug-likeness (QED) is 0.162. The van der Waals surface area contributed by atoms with Crippen molar-refractivity contribution in [2.75, 3.05) is 0 Å². The second-order valence-corrected chi connectivity index (χ2v) is 19.0. The molecule has 3 heterocycles. The summed E-state index contributed by atoms with van der Waals surface area (Å²) in [5.74, 6) is 1.69. The number of para-hydroxylation sites is 2. The molecule has 0 saturated heterocycles. The van der Waals surface area contributed by atoms with Crippen LogP contribution < -0.4 is 0 Å². The van der Waals surface area contributed by atoms with Crippen molar-refractivity contribution in [1.29, 1.82) is 0 Å². The number of furan rings is 1. The predicted octanol–water partition coefficient (Wildman–Crippen LogP) is 17.6. The third kappa shape index (κ3) is 6.42. The van der Waals surface area contributed by atoms with Crippen LogP contribution in [0.4, 0.5) is 0 Å². The molecule has 0 fully saturated rings. The topological polar surface area (TPSA) is 56.7 Å². The first-order valence-corrected chi connectivity index (χ1v) is 24.3. The van der Waals surface area contributed by atoms with Crippen molar-refractivity contribution in [3.05, 3.63) is 217 Å². The third-order valence-corrected chi connectivity index (χ3v) is 14.2. The lowest BCUT2D eigenvalue weighted by Gasteiger charge is -2.22. The van der Waals surface area contributed by atoms with E-state index in [0.29, 0.717) is 17.6 Å². The summed E-state index contributed by atoms with van der Waals surface area (Å²) in [7, 11) is 0. The molecule has 0 N–H and O–H groups in total. The van der Waals surface area contributed by atoms with E-state index in [-0.39, 0.29) is 5.41 Å². The lowest BCUT2D eigenvalue weighted by atomic mass is 9.81. The molecule has 0 radical (unpaired) electrons. The van der Waals surface area contributed by atoms with Gasteiger partial charge in [0.2, 0.25) is 5.95 Å². The highest BCUT2D eigenvalue weighted by molar-refractivity contribution is 6.33. The van der Waals surface area contributed by atoms with Crippen LogP contribution in [0.5, 0.6) is 0 Å². The van der Waals surface area contributed by atoms with Crippen LogP contribution in [0.2, 0.25) is 0 Å². The van der Waals surface area contributed by atoms with Gasteiger partial charge in [-0.05, 0) is 85.4 Å². The molecular formula is C65H48N4O. The van der Waals surface area contributed by atoms with Gasteiger partial charge in [-0.15, -0.1) is 0 Å². The average Bonchev–Trinajstić information content (AvgIpc) is 4.04. The Morgan fingerprint density at radius 2 is 0.943 bits per heavy atom. The Morgan fingerprint density at radius 1 is 0.386 bits per heavy atom. The van der Waals surface area contributed by atoms with E-state index in [9.17, 15) is 0 Å². The van der Waals surface area contributed by atoms with Gasteiger partial charge < -0.3 is 4.42 Å². The molecule has 5 heteroatoms. The van der Waals surface area contributed by atoms with Crippen LogP contribution in [-0.2, 0) is 5.41 Å². The molecule has 0 spiro atoms. The Bertz CT molecular complexity index is 4220. The zero-order valence-corrected chi connectivity index (χ0v) is 39.5. The van der Waals surface area contributed by atoms with Gasteiger partial charge in [0, 0.05) is 49.0 Å². The number of hydrogen-bond acceptors (Lipinski definition) is 4. The first kappa shape index (κ1) is 41.5. The smallest absolute Gasteiger partial charge is 0.238 e. The van der Waals surface area contributed by atoms with Crippen LogP contribution in [0, 0.1) is 0 Å². The minimum Gasteiger partial charge on any atom is -0.456 e. The first-order valence-electron chi connectivity index (χ1n) is 24.3. The Hall–Kier alpha value is -8.67. The second kappa shape index (κ2) is 16.2. The Labute approximate surface area is 406 Å². The molecular weight excluding hydrogens is 853 g/mol. The number of aromatic nitrogens is 4. The second-order valence-electron chi connectivity index (χ2n) is 19.0. The first-order chi connectivity index (χ1) is 34.4. The highest BCUT2D eigenvalue weighted by Crippen LogP contribution is 2.50. The lowest BCUT2D eigenvalue weighted by molar-refractivity contribution is 0.660. The largest absolute Gasteiger partial charge is 0.456 e. The van der Waals surface area contributed by atoms with Gasteiger partial charge in [0.15, 0.2) is 11.6 Å². The van der Waals surface area contributed by atoms with E-state index in [4.69, 9.17) is 19.4 Å². The molecule has 5 nitrogen and oxygen atoms in total. The van der Waals surface area contributed by atoms with Crippen LogP contribution >= 0.6 is 0 Å². The van der Waals surface area contributed by atoms with Crippen LogP contribution in [-0.4, -0.2) is 19.5 Å². The van der Waals surface area contributed by atoms with Crippen LogP contribution in [0.15, 0.2) is 211 Å². The van der Waals surface area contributed by atoms with Crippen molar-refractivity contribution < 1.29 is 4.42 Å². The van der Waals surface area contributed by atoms with E-state index < -0.39 is 0 Å². The Kier molecular flexibility index (Phi) is 9.63. The maximum atomic E-state index is 6.41. The van der Waals surface area contributed by atoms with E-state index >= 15 is 0 Å². The van der Waals surface area contributed by atoms with Crippen molar-refractivity contribution in [2.45, 2.75) is 39.5 Å². The van der Waals surface area contributed by atoms with Crippen LogP contribution in [0.1, 0.15) is 45.2 Å². The summed E-state index contributed by atoms with van der Waals surface area (Å²) >= 11 is 0. The van der Waals surface area contributed by atoms with Crippen LogP contribution in [0.3, 0.4) is 0 Å². The number of fused-ring (bicyclic) bond motifs is 14. The van der Waals surface area contributed by atoms with Crippen molar-refractivity contribution in [2.24, 2.45) is 0 Å². The van der Waals surface area contributed by atoms with Crippen molar-refractivity contribution >= 4 is 65.3 Å². The number of benzene rings is 10. The normalized spacial score (nSPS) is 12.7. The molecule has 0 aliphatic heterocycles. The van der Waals surface area contributed by atoms with Crippen molar-refractivity contribution in [3.63, 3.8) is 0 Å². The maximum absolute atomic E-state index is 6.41. The van der Waals surface area contributed by atoms with Gasteiger partial charge in [-0.2, -0.15) is 9.97 Å². The standard InChI is InChI=1S/C62H40N4O.C3H8/c1-62(2)52-28-12-10-22-45(52)46-32-30-39(35-53(46)62)38-18-14-19-40(34-38)42-26-15-27-51-56-49-24-8-6-20-43(49)44-21-7-9-25-50(44)58(56)66(57(42)51)61-64-59(37-16-4-3-5-17-37)63-60(65-61)41-31-33-48-47-23-11-13-29-54(47)67-55(48)36-41;1-3-2/h3-36H,1-2H3;3H2,1-2H3. The van der Waals surface area contributed by atoms with E-state index in [2.05, 4.69) is 202 Å². The molecule has 1 aliphatic rings. The van der Waals surface area contributed by atoms with Crippen molar-refractivity contribution in [3.8, 4) is 62.1 Å². The van der Waals surface area contributed by atoms with Gasteiger partial charge >= 0.3 is 0 Å². The van der Waals surface area contributed by atoms with E-state index in [1.807, 2.05) is 36.4 Å². The fraction of sp³-hybridized carbons (Fsp3) is 0.0923. The van der Waals surface area contributed by atoms with E-state index in [1.165, 1.54) is 50.4 Å². The van der Waals surface area contributed by atoms with Gasteiger partial charge in [-0.3, -0.25) is 4.57 Å². The highest BCUT2D eigenvalue weighted by atomic mass is 16.3. The Morgan fingerprint density at radius 3 is 1.76 bits per heavy atom. The third-order valence-electron chi connectivity index (χ3n) is 14.2. The maximum Gasteiger partial charge on any atom is 0.238 e. The number of rotatable bonds is 5. The fourth-order valence-electron chi connectivity index (χ4n) is 11.1. The molecule has 0 atom stereocenters. The SMILES string of the molecule is CC1(C)c2ccccc2-c2ccc(-c3cccc(-c4cccc5c6c7ccccc7c7ccccc7c6n(-c6nc(-c7ccccc7)nc(-c7ccc8c(c7)oc7ccccc78)n6)c45)c3)cc21.CCC. The minimum absolute atomic E-state index is 0.0998. The summed E-state index contributed by atoms with van der Waals surface area (Å²) in [4.78, 5) is 16.1.